The first kappa shape index (κ1) is 27.0. The van der Waals surface area contributed by atoms with E-state index >= 15 is 0 Å². The minimum atomic E-state index is -1.23. The van der Waals surface area contributed by atoms with Crippen molar-refractivity contribution in [2.45, 2.75) is 63.5 Å². The number of nitrogens with zero attached hydrogens (tertiary/aromatic N) is 2. The average Bonchev–Trinajstić information content (AvgIpc) is 3.61. The van der Waals surface area contributed by atoms with Crippen LogP contribution in [-0.4, -0.2) is 48.8 Å². The summed E-state index contributed by atoms with van der Waals surface area (Å²) >= 11 is 0. The summed E-state index contributed by atoms with van der Waals surface area (Å²) < 4.78 is 7.54. The number of benzene rings is 2. The van der Waals surface area contributed by atoms with Gasteiger partial charge in [-0.05, 0) is 60.7 Å². The van der Waals surface area contributed by atoms with Gasteiger partial charge in [0.15, 0.2) is 0 Å². The Balaban J connectivity index is 1.38. The first-order valence-electron chi connectivity index (χ1n) is 13.4. The smallest absolute Gasteiger partial charge is 0.326 e. The third kappa shape index (κ3) is 5.85. The molecule has 2 aromatic heterocycles. The van der Waals surface area contributed by atoms with E-state index in [2.05, 4.69) is 9.88 Å². The fourth-order valence-corrected chi connectivity index (χ4v) is 5.43. The lowest BCUT2D eigenvalue weighted by molar-refractivity contribution is -0.139. The standard InChI is InChI=1S/C30H31N3O7/c34-26-10-6-18(14-19(26)8-11-27(35)36)15-24(30(38)39)32-29(37)20-7-9-25-23(16-20)31-28(21-12-13-40-17-21)33(25)22-4-2-1-3-5-22/h6-7,9-10,12-14,16-17,22,24,34H,1-5,8,11,15H2,(H,32,37)(H,35,36)(H,38,39). The Kier molecular flexibility index (Phi) is 7.86. The minimum Gasteiger partial charge on any atom is -0.508 e. The quantitative estimate of drug-likeness (QED) is 0.218. The molecule has 1 aliphatic rings. The molecule has 0 bridgehead atoms. The summed E-state index contributed by atoms with van der Waals surface area (Å²) in [6.07, 6.45) is 8.77. The Labute approximate surface area is 230 Å². The fourth-order valence-electron chi connectivity index (χ4n) is 5.43. The largest absolute Gasteiger partial charge is 0.508 e. The zero-order chi connectivity index (χ0) is 28.2. The highest BCUT2D eigenvalue weighted by Gasteiger charge is 2.25. The predicted octanol–water partition coefficient (Wildman–Crippen LogP) is 4.95. The number of aromatic nitrogens is 2. The monoisotopic (exact) mass is 545 g/mol. The lowest BCUT2D eigenvalue weighted by atomic mass is 9.95. The zero-order valence-electron chi connectivity index (χ0n) is 21.9. The molecular formula is C30H31N3O7. The Morgan fingerprint density at radius 1 is 1.05 bits per heavy atom. The van der Waals surface area contributed by atoms with Crippen molar-refractivity contribution in [3.8, 4) is 17.1 Å². The van der Waals surface area contributed by atoms with E-state index in [0.717, 1.165) is 42.6 Å². The second-order valence-corrected chi connectivity index (χ2v) is 10.2. The molecule has 0 spiro atoms. The van der Waals surface area contributed by atoms with Crippen LogP contribution in [0.4, 0.5) is 0 Å². The molecule has 0 aliphatic heterocycles. The molecule has 10 heteroatoms. The number of imidazole rings is 1. The first-order chi connectivity index (χ1) is 19.3. The number of carboxylic acids is 2. The number of carbonyl (C=O) groups excluding carboxylic acids is 1. The number of fused-ring (bicyclic) bond motifs is 1. The van der Waals surface area contributed by atoms with Gasteiger partial charge in [-0.2, -0.15) is 0 Å². The van der Waals surface area contributed by atoms with E-state index in [-0.39, 0.29) is 25.0 Å². The second-order valence-electron chi connectivity index (χ2n) is 10.2. The topological polar surface area (TPSA) is 155 Å². The Bertz CT molecular complexity index is 1530. The normalized spacial score (nSPS) is 14.7. The molecule has 0 radical (unpaired) electrons. The van der Waals surface area contributed by atoms with Gasteiger partial charge in [0.2, 0.25) is 0 Å². The number of phenols is 1. The van der Waals surface area contributed by atoms with Gasteiger partial charge in [0.25, 0.3) is 5.91 Å². The van der Waals surface area contributed by atoms with E-state index < -0.39 is 23.9 Å². The molecule has 1 saturated carbocycles. The molecular weight excluding hydrogens is 514 g/mol. The van der Waals surface area contributed by atoms with Crippen LogP contribution in [-0.2, 0) is 22.4 Å². The maximum Gasteiger partial charge on any atom is 0.326 e. The summed E-state index contributed by atoms with van der Waals surface area (Å²) in [5.74, 6) is -2.04. The predicted molar refractivity (Wildman–Crippen MR) is 146 cm³/mol. The van der Waals surface area contributed by atoms with Gasteiger partial charge in [-0.3, -0.25) is 9.59 Å². The van der Waals surface area contributed by atoms with E-state index in [1.807, 2.05) is 12.1 Å². The van der Waals surface area contributed by atoms with Gasteiger partial charge < -0.3 is 29.6 Å². The summed E-state index contributed by atoms with van der Waals surface area (Å²) in [4.78, 5) is 41.0. The van der Waals surface area contributed by atoms with Gasteiger partial charge in [0.05, 0.1) is 22.9 Å². The summed E-state index contributed by atoms with van der Waals surface area (Å²) in [6, 6.07) is 10.7. The van der Waals surface area contributed by atoms with Crippen LogP contribution in [0, 0.1) is 0 Å². The highest BCUT2D eigenvalue weighted by Crippen LogP contribution is 2.36. The number of nitrogens with one attached hydrogen (secondary N) is 1. The number of carboxylic acid groups (broad SMARTS) is 2. The van der Waals surface area contributed by atoms with Crippen molar-refractivity contribution in [2.75, 3.05) is 0 Å². The molecule has 1 atom stereocenters. The summed E-state index contributed by atoms with van der Waals surface area (Å²) in [7, 11) is 0. The van der Waals surface area contributed by atoms with Crippen molar-refractivity contribution in [3.05, 3.63) is 71.7 Å². The van der Waals surface area contributed by atoms with Gasteiger partial charge in [-0.15, -0.1) is 0 Å². The van der Waals surface area contributed by atoms with Crippen LogP contribution in [0.5, 0.6) is 5.75 Å². The lowest BCUT2D eigenvalue weighted by Crippen LogP contribution is -2.42. The van der Waals surface area contributed by atoms with Crippen LogP contribution in [0.25, 0.3) is 22.4 Å². The highest BCUT2D eigenvalue weighted by molar-refractivity contribution is 5.99. The molecule has 5 rings (SSSR count). The van der Waals surface area contributed by atoms with Gasteiger partial charge in [-0.25, -0.2) is 9.78 Å². The maximum atomic E-state index is 13.2. The van der Waals surface area contributed by atoms with Crippen molar-refractivity contribution in [1.29, 1.82) is 0 Å². The summed E-state index contributed by atoms with van der Waals surface area (Å²) in [5.41, 5.74) is 3.66. The van der Waals surface area contributed by atoms with Crippen molar-refractivity contribution in [3.63, 3.8) is 0 Å². The fraction of sp³-hybridized carbons (Fsp3) is 0.333. The van der Waals surface area contributed by atoms with Crippen molar-refractivity contribution in [1.82, 2.24) is 14.9 Å². The molecule has 10 nitrogen and oxygen atoms in total. The Hall–Kier alpha value is -4.60. The number of phenolic OH excluding ortho intramolecular Hbond substituents is 1. The highest BCUT2D eigenvalue weighted by atomic mass is 16.4. The van der Waals surface area contributed by atoms with Crippen LogP contribution in [0.15, 0.2) is 59.4 Å². The second kappa shape index (κ2) is 11.6. The van der Waals surface area contributed by atoms with Crippen LogP contribution in [0.1, 0.15) is 66.1 Å². The van der Waals surface area contributed by atoms with Crippen LogP contribution >= 0.6 is 0 Å². The molecule has 2 heterocycles. The van der Waals surface area contributed by atoms with Crippen molar-refractivity contribution in [2.24, 2.45) is 0 Å². The number of hydrogen-bond acceptors (Lipinski definition) is 6. The van der Waals surface area contributed by atoms with E-state index in [1.54, 1.807) is 36.8 Å². The van der Waals surface area contributed by atoms with Crippen molar-refractivity contribution >= 4 is 28.9 Å². The number of hydrogen-bond donors (Lipinski definition) is 4. The first-order valence-corrected chi connectivity index (χ1v) is 13.4. The molecule has 40 heavy (non-hydrogen) atoms. The van der Waals surface area contributed by atoms with E-state index in [4.69, 9.17) is 14.5 Å². The number of aliphatic carboxylic acids is 2. The molecule has 4 aromatic rings. The van der Waals surface area contributed by atoms with Gasteiger partial charge in [0, 0.05) is 24.4 Å². The van der Waals surface area contributed by atoms with E-state index in [9.17, 15) is 24.6 Å². The van der Waals surface area contributed by atoms with Crippen LogP contribution < -0.4 is 5.32 Å². The van der Waals surface area contributed by atoms with Gasteiger partial charge >= 0.3 is 11.9 Å². The Morgan fingerprint density at radius 2 is 1.85 bits per heavy atom. The number of carbonyl (C=O) groups is 3. The zero-order valence-corrected chi connectivity index (χ0v) is 21.9. The maximum absolute atomic E-state index is 13.2. The van der Waals surface area contributed by atoms with E-state index in [0.29, 0.717) is 28.2 Å². The summed E-state index contributed by atoms with van der Waals surface area (Å²) in [6.45, 7) is 0. The average molecular weight is 546 g/mol. The molecule has 1 aliphatic carbocycles. The van der Waals surface area contributed by atoms with Crippen LogP contribution in [0.2, 0.25) is 0 Å². The molecule has 4 N–H and O–H groups in total. The third-order valence-corrected chi connectivity index (χ3v) is 7.47. The summed E-state index contributed by atoms with van der Waals surface area (Å²) in [5, 5.41) is 31.4. The third-order valence-electron chi connectivity index (χ3n) is 7.47. The van der Waals surface area contributed by atoms with Crippen LogP contribution in [0.3, 0.4) is 0 Å². The number of furan rings is 1. The molecule has 1 amide bonds. The lowest BCUT2D eigenvalue weighted by Gasteiger charge is -2.25. The number of rotatable bonds is 10. The molecule has 208 valence electrons. The molecule has 0 saturated heterocycles. The SMILES string of the molecule is O=C(O)CCc1cc(CC(NC(=O)c2ccc3c(c2)nc(-c2ccoc2)n3C2CCCCC2)C(=O)O)ccc1O. The van der Waals surface area contributed by atoms with Gasteiger partial charge in [0.1, 0.15) is 23.9 Å². The number of amides is 1. The molecule has 2 aromatic carbocycles. The minimum absolute atomic E-state index is 0.0371. The van der Waals surface area contributed by atoms with Crippen molar-refractivity contribution < 1.29 is 34.1 Å². The van der Waals surface area contributed by atoms with E-state index in [1.165, 1.54) is 12.5 Å². The molecule has 1 unspecified atom stereocenters. The number of aromatic hydroxyl groups is 1. The Morgan fingerprint density at radius 3 is 2.55 bits per heavy atom. The van der Waals surface area contributed by atoms with Gasteiger partial charge in [-0.1, -0.05) is 31.4 Å². The number of aryl methyl sites for hydroxylation is 1. The molecule has 1 fully saturated rings.